The van der Waals surface area contributed by atoms with Crippen LogP contribution < -0.4 is 5.32 Å². The Bertz CT molecular complexity index is 276. The van der Waals surface area contributed by atoms with Gasteiger partial charge in [-0.15, -0.1) is 16.7 Å². The van der Waals surface area contributed by atoms with Crippen molar-refractivity contribution < 1.29 is 0 Å². The maximum atomic E-state index is 5.94. The smallest absolute Gasteiger partial charge is 0.149 e. The van der Waals surface area contributed by atoms with E-state index in [2.05, 4.69) is 36.3 Å². The monoisotopic (exact) mass is 213 g/mol. The van der Waals surface area contributed by atoms with E-state index in [4.69, 9.17) is 11.6 Å². The molecule has 14 heavy (non-hydrogen) atoms. The van der Waals surface area contributed by atoms with Gasteiger partial charge >= 0.3 is 0 Å². The van der Waals surface area contributed by atoms with E-state index in [1.165, 1.54) is 0 Å². The third kappa shape index (κ3) is 2.58. The van der Waals surface area contributed by atoms with Crippen molar-refractivity contribution >= 4 is 17.4 Å². The van der Waals surface area contributed by atoms with Gasteiger partial charge in [-0.3, -0.25) is 0 Å². The molecular weight excluding hydrogens is 198 g/mol. The van der Waals surface area contributed by atoms with Crippen molar-refractivity contribution in [3.8, 4) is 0 Å². The number of aromatic nitrogens is 2. The summed E-state index contributed by atoms with van der Waals surface area (Å²) in [5.41, 5.74) is -0.141. The third-order valence-corrected chi connectivity index (χ3v) is 3.09. The number of anilines is 1. The molecule has 1 rings (SSSR count). The molecule has 3 nitrogen and oxygen atoms in total. The van der Waals surface area contributed by atoms with Crippen LogP contribution in [-0.4, -0.2) is 21.6 Å². The number of nitrogens with one attached hydrogen (secondary N) is 1. The van der Waals surface area contributed by atoms with Crippen LogP contribution in [0.25, 0.3) is 0 Å². The largest absolute Gasteiger partial charge is 0.362 e. The average Bonchev–Trinajstić information content (AvgIpc) is 2.19. The quantitative estimate of drug-likeness (QED) is 0.782. The van der Waals surface area contributed by atoms with Crippen molar-refractivity contribution in [2.24, 2.45) is 5.92 Å². The summed E-state index contributed by atoms with van der Waals surface area (Å²) in [6.45, 7) is 6.34. The van der Waals surface area contributed by atoms with Gasteiger partial charge in [0.25, 0.3) is 0 Å². The van der Waals surface area contributed by atoms with Crippen LogP contribution in [0.1, 0.15) is 20.8 Å². The second kappa shape index (κ2) is 4.60. The Hall–Kier alpha value is -0.830. The van der Waals surface area contributed by atoms with Crippen LogP contribution in [0.4, 0.5) is 5.82 Å². The zero-order chi connectivity index (χ0) is 10.6. The fourth-order valence-corrected chi connectivity index (χ4v) is 1.37. The molecule has 1 aromatic rings. The maximum absolute atomic E-state index is 5.94. The van der Waals surface area contributed by atoms with E-state index in [0.717, 1.165) is 5.82 Å². The zero-order valence-electron chi connectivity index (χ0n) is 8.79. The lowest BCUT2D eigenvalue weighted by Gasteiger charge is -2.33. The number of alkyl halides is 1. The number of hydrogen-bond acceptors (Lipinski definition) is 3. The fraction of sp³-hybridized carbons (Fsp3) is 0.600. The number of hydrogen-bond donors (Lipinski definition) is 1. The van der Waals surface area contributed by atoms with Crippen molar-refractivity contribution in [1.29, 1.82) is 0 Å². The zero-order valence-corrected chi connectivity index (χ0v) is 9.54. The number of rotatable bonds is 4. The van der Waals surface area contributed by atoms with Gasteiger partial charge in [0.1, 0.15) is 5.82 Å². The lowest BCUT2D eigenvalue weighted by atomic mass is 9.90. The summed E-state index contributed by atoms with van der Waals surface area (Å²) in [5.74, 6) is 1.74. The van der Waals surface area contributed by atoms with Gasteiger partial charge in [-0.25, -0.2) is 0 Å². The van der Waals surface area contributed by atoms with Crippen LogP contribution in [0.2, 0.25) is 0 Å². The van der Waals surface area contributed by atoms with Crippen LogP contribution in [0.3, 0.4) is 0 Å². The van der Waals surface area contributed by atoms with Crippen LogP contribution in [0.15, 0.2) is 18.3 Å². The molecule has 4 heteroatoms. The highest BCUT2D eigenvalue weighted by molar-refractivity contribution is 6.18. The minimum absolute atomic E-state index is 0.141. The topological polar surface area (TPSA) is 37.8 Å². The summed E-state index contributed by atoms with van der Waals surface area (Å²) >= 11 is 5.94. The Kier molecular flexibility index (Phi) is 3.69. The van der Waals surface area contributed by atoms with E-state index in [1.807, 2.05) is 12.1 Å². The van der Waals surface area contributed by atoms with Gasteiger partial charge < -0.3 is 5.32 Å². The third-order valence-electron chi connectivity index (χ3n) is 2.54. The number of nitrogens with zero attached hydrogens (tertiary/aromatic N) is 2. The Morgan fingerprint density at radius 2 is 2.29 bits per heavy atom. The lowest BCUT2D eigenvalue weighted by Crippen LogP contribution is -2.42. The summed E-state index contributed by atoms with van der Waals surface area (Å²) in [5, 5.41) is 11.1. The van der Waals surface area contributed by atoms with E-state index in [-0.39, 0.29) is 5.54 Å². The second-order valence-corrected chi connectivity index (χ2v) is 4.21. The van der Waals surface area contributed by atoms with Crippen molar-refractivity contribution in [1.82, 2.24) is 10.2 Å². The first-order valence-electron chi connectivity index (χ1n) is 4.70. The van der Waals surface area contributed by atoms with Gasteiger partial charge in [0.15, 0.2) is 0 Å². The highest BCUT2D eigenvalue weighted by Gasteiger charge is 2.27. The predicted molar refractivity (Wildman–Crippen MR) is 59.6 cm³/mol. The lowest BCUT2D eigenvalue weighted by molar-refractivity contribution is 0.411. The molecule has 0 aromatic carbocycles. The molecule has 1 atom stereocenters. The van der Waals surface area contributed by atoms with Crippen LogP contribution in [0, 0.1) is 5.92 Å². The molecule has 1 heterocycles. The average molecular weight is 214 g/mol. The van der Waals surface area contributed by atoms with E-state index >= 15 is 0 Å². The first-order chi connectivity index (χ1) is 6.58. The Balaban J connectivity index is 2.76. The highest BCUT2D eigenvalue weighted by Crippen LogP contribution is 2.22. The normalized spacial score (nSPS) is 15.2. The summed E-state index contributed by atoms with van der Waals surface area (Å²) in [6.07, 6.45) is 1.65. The molecule has 0 aliphatic heterocycles. The highest BCUT2D eigenvalue weighted by atomic mass is 35.5. The molecule has 0 radical (unpaired) electrons. The van der Waals surface area contributed by atoms with Gasteiger partial charge in [-0.2, -0.15) is 5.10 Å². The van der Waals surface area contributed by atoms with Crippen molar-refractivity contribution in [3.63, 3.8) is 0 Å². The maximum Gasteiger partial charge on any atom is 0.149 e. The minimum Gasteiger partial charge on any atom is -0.362 e. The fourth-order valence-electron chi connectivity index (χ4n) is 0.993. The van der Waals surface area contributed by atoms with E-state index in [9.17, 15) is 0 Å². The van der Waals surface area contributed by atoms with Gasteiger partial charge in [-0.1, -0.05) is 13.8 Å². The molecule has 0 saturated heterocycles. The summed E-state index contributed by atoms with van der Waals surface area (Å²) < 4.78 is 0. The Morgan fingerprint density at radius 3 is 2.71 bits per heavy atom. The molecule has 0 saturated carbocycles. The molecule has 0 bridgehead atoms. The Morgan fingerprint density at radius 1 is 1.57 bits per heavy atom. The van der Waals surface area contributed by atoms with Crippen molar-refractivity contribution in [3.05, 3.63) is 18.3 Å². The molecule has 0 amide bonds. The molecule has 0 spiro atoms. The summed E-state index contributed by atoms with van der Waals surface area (Å²) in [7, 11) is 0. The molecular formula is C10H16ClN3. The number of halogens is 1. The SMILES string of the molecule is CC(C)C(C)(CCl)Nc1cccnn1. The first kappa shape index (κ1) is 11.2. The van der Waals surface area contributed by atoms with Crippen molar-refractivity contribution in [2.45, 2.75) is 26.3 Å². The van der Waals surface area contributed by atoms with E-state index in [0.29, 0.717) is 11.8 Å². The van der Waals surface area contributed by atoms with Crippen LogP contribution >= 0.6 is 11.6 Å². The van der Waals surface area contributed by atoms with E-state index in [1.54, 1.807) is 6.20 Å². The minimum atomic E-state index is -0.141. The van der Waals surface area contributed by atoms with Gasteiger partial charge in [0.2, 0.25) is 0 Å². The van der Waals surface area contributed by atoms with E-state index < -0.39 is 0 Å². The van der Waals surface area contributed by atoms with Crippen LogP contribution in [-0.2, 0) is 0 Å². The molecule has 78 valence electrons. The van der Waals surface area contributed by atoms with Crippen molar-refractivity contribution in [2.75, 3.05) is 11.2 Å². The molecule has 1 N–H and O–H groups in total. The predicted octanol–water partition coefficient (Wildman–Crippen LogP) is 2.54. The van der Waals surface area contributed by atoms with Gasteiger partial charge in [0, 0.05) is 12.1 Å². The summed E-state index contributed by atoms with van der Waals surface area (Å²) in [4.78, 5) is 0. The first-order valence-corrected chi connectivity index (χ1v) is 5.24. The summed E-state index contributed by atoms with van der Waals surface area (Å²) in [6, 6.07) is 3.74. The molecule has 0 aliphatic carbocycles. The van der Waals surface area contributed by atoms with Gasteiger partial charge in [-0.05, 0) is 25.0 Å². The molecule has 0 fully saturated rings. The van der Waals surface area contributed by atoms with Gasteiger partial charge in [0.05, 0.1) is 5.54 Å². The molecule has 1 unspecified atom stereocenters. The standard InChI is InChI=1S/C10H16ClN3/c1-8(2)10(3,7-11)13-9-5-4-6-12-14-9/h4-6,8H,7H2,1-3H3,(H,13,14). The molecule has 0 aliphatic rings. The molecule has 1 aromatic heterocycles. The van der Waals surface area contributed by atoms with Crippen LogP contribution in [0.5, 0.6) is 0 Å². The Labute approximate surface area is 89.9 Å². The second-order valence-electron chi connectivity index (χ2n) is 3.94.